The van der Waals surface area contributed by atoms with Gasteiger partial charge in [0.1, 0.15) is 24.4 Å². The van der Waals surface area contributed by atoms with Crippen LogP contribution in [-0.4, -0.2) is 108 Å². The molecule has 15 atom stereocenters. The topological polar surface area (TPSA) is 162 Å². The first-order valence-corrected chi connectivity index (χ1v) is 19.1. The van der Waals surface area contributed by atoms with Crippen molar-refractivity contribution in [2.45, 2.75) is 147 Å². The van der Waals surface area contributed by atoms with Crippen LogP contribution in [0.5, 0.6) is 0 Å². The molecule has 1 aromatic rings. The number of aliphatic hydroxyl groups is 4. The predicted molar refractivity (Wildman–Crippen MR) is 183 cm³/mol. The highest BCUT2D eigenvalue weighted by Crippen LogP contribution is 2.65. The fraction of sp³-hybridized carbons (Fsp3) is 0.816. The molecule has 1 amide bonds. The molecule has 12 heteroatoms. The first kappa shape index (κ1) is 34.9. The van der Waals surface area contributed by atoms with Crippen LogP contribution >= 0.6 is 0 Å². The van der Waals surface area contributed by atoms with Crippen molar-refractivity contribution in [2.75, 3.05) is 13.2 Å². The van der Waals surface area contributed by atoms with Gasteiger partial charge in [-0.2, -0.15) is 0 Å². The van der Waals surface area contributed by atoms with Crippen LogP contribution in [0.4, 0.5) is 0 Å². The van der Waals surface area contributed by atoms with E-state index in [-0.39, 0.29) is 35.2 Å². The molecule has 5 N–H and O–H groups in total. The molecule has 1 spiro atoms. The quantitative estimate of drug-likeness (QED) is 0.290. The number of hydrogen-bond acceptors (Lipinski definition) is 10. The molecule has 276 valence electrons. The Morgan fingerprint density at radius 2 is 1.94 bits per heavy atom. The van der Waals surface area contributed by atoms with Crippen LogP contribution in [0.3, 0.4) is 0 Å². The Morgan fingerprint density at radius 3 is 2.70 bits per heavy atom. The third kappa shape index (κ3) is 5.38. The number of ether oxygens (including phenoxy) is 2. The van der Waals surface area contributed by atoms with Crippen LogP contribution in [0.15, 0.2) is 29.0 Å². The number of fused-ring (bicyclic) bond motifs is 6. The van der Waals surface area contributed by atoms with Crippen molar-refractivity contribution < 1.29 is 34.7 Å². The Kier molecular flexibility index (Phi) is 8.89. The molecule has 5 fully saturated rings. The van der Waals surface area contributed by atoms with Crippen molar-refractivity contribution in [1.29, 1.82) is 0 Å². The van der Waals surface area contributed by atoms with Gasteiger partial charge in [0.05, 0.1) is 36.3 Å². The van der Waals surface area contributed by atoms with Gasteiger partial charge in [0.25, 0.3) is 0 Å². The minimum Gasteiger partial charge on any atom is -0.394 e. The van der Waals surface area contributed by atoms with Gasteiger partial charge in [-0.05, 0) is 93.0 Å². The number of nitrogens with zero attached hydrogens (tertiary/aromatic N) is 4. The van der Waals surface area contributed by atoms with Crippen LogP contribution in [0, 0.1) is 35.0 Å². The summed E-state index contributed by atoms with van der Waals surface area (Å²) in [5.74, 6) is 2.34. The lowest BCUT2D eigenvalue weighted by Crippen LogP contribution is -2.62. The summed E-state index contributed by atoms with van der Waals surface area (Å²) in [5.41, 5.74) is 5.32. The summed E-state index contributed by atoms with van der Waals surface area (Å²) in [6.07, 6.45) is 7.93. The Bertz CT molecular complexity index is 1550. The molecule has 1 aromatic heterocycles. The van der Waals surface area contributed by atoms with Gasteiger partial charge in [-0.1, -0.05) is 43.2 Å². The van der Waals surface area contributed by atoms with Gasteiger partial charge in [0, 0.05) is 32.0 Å². The van der Waals surface area contributed by atoms with Gasteiger partial charge in [0.15, 0.2) is 6.23 Å². The summed E-state index contributed by atoms with van der Waals surface area (Å²) in [7, 11) is 0. The van der Waals surface area contributed by atoms with E-state index in [4.69, 9.17) is 9.47 Å². The lowest BCUT2D eigenvalue weighted by molar-refractivity contribution is -0.219. The Hall–Kier alpha value is -2.19. The first-order chi connectivity index (χ1) is 23.8. The van der Waals surface area contributed by atoms with Gasteiger partial charge in [-0.25, -0.2) is 4.68 Å². The van der Waals surface area contributed by atoms with Crippen LogP contribution in [0.2, 0.25) is 0 Å². The van der Waals surface area contributed by atoms with E-state index in [2.05, 4.69) is 54.3 Å². The molecule has 8 rings (SSSR count). The van der Waals surface area contributed by atoms with Crippen molar-refractivity contribution in [1.82, 2.24) is 25.2 Å². The number of aliphatic hydroxyl groups excluding tert-OH is 4. The third-order valence-electron chi connectivity index (χ3n) is 14.6. The highest BCUT2D eigenvalue weighted by Gasteiger charge is 2.61. The normalized spacial score (nSPS) is 47.4. The van der Waals surface area contributed by atoms with Crippen LogP contribution in [0.1, 0.15) is 97.9 Å². The summed E-state index contributed by atoms with van der Waals surface area (Å²) in [6.45, 7) is 11.9. The Labute approximate surface area is 295 Å². The number of nitrogens with one attached hydrogen (secondary N) is 1. The molecule has 12 nitrogen and oxygen atoms in total. The van der Waals surface area contributed by atoms with E-state index in [1.54, 1.807) is 11.8 Å². The highest BCUT2D eigenvalue weighted by atomic mass is 16.5. The first-order valence-electron chi connectivity index (χ1n) is 19.1. The van der Waals surface area contributed by atoms with E-state index in [0.717, 1.165) is 57.2 Å². The third-order valence-corrected chi connectivity index (χ3v) is 14.6. The van der Waals surface area contributed by atoms with E-state index in [0.29, 0.717) is 36.1 Å². The highest BCUT2D eigenvalue weighted by molar-refractivity contribution is 5.73. The van der Waals surface area contributed by atoms with Crippen molar-refractivity contribution in [2.24, 2.45) is 35.0 Å². The maximum atomic E-state index is 12.0. The molecule has 2 saturated carbocycles. The number of aromatic nitrogens is 3. The number of carbonyl (C=O) groups excluding carboxylic acids is 1. The molecular weight excluding hydrogens is 638 g/mol. The number of allylic oxidation sites excluding steroid dienone is 2. The van der Waals surface area contributed by atoms with Gasteiger partial charge < -0.3 is 35.2 Å². The molecule has 0 bridgehead atoms. The van der Waals surface area contributed by atoms with E-state index < -0.39 is 37.2 Å². The summed E-state index contributed by atoms with van der Waals surface area (Å²) < 4.78 is 14.8. The van der Waals surface area contributed by atoms with Crippen molar-refractivity contribution in [3.05, 3.63) is 34.7 Å². The molecule has 3 saturated heterocycles. The number of piperidine rings is 1. The predicted octanol–water partition coefficient (Wildman–Crippen LogP) is 2.62. The molecule has 0 aromatic carbocycles. The van der Waals surface area contributed by atoms with Crippen molar-refractivity contribution in [3.8, 4) is 0 Å². The number of amides is 1. The zero-order chi connectivity index (χ0) is 35.3. The second-order valence-electron chi connectivity index (χ2n) is 17.3. The molecule has 7 aliphatic rings. The smallest absolute Gasteiger partial charge is 0.217 e. The second kappa shape index (κ2) is 12.7. The molecule has 50 heavy (non-hydrogen) atoms. The lowest BCUT2D eigenvalue weighted by Gasteiger charge is -2.49. The largest absolute Gasteiger partial charge is 0.394 e. The maximum Gasteiger partial charge on any atom is 0.217 e. The number of rotatable bonds is 5. The average Bonchev–Trinajstić information content (AvgIpc) is 3.77. The van der Waals surface area contributed by atoms with Gasteiger partial charge in [-0.15, -0.1) is 5.10 Å². The second-order valence-corrected chi connectivity index (χ2v) is 17.3. The number of hydrogen-bond donors (Lipinski definition) is 5. The van der Waals surface area contributed by atoms with E-state index >= 15 is 0 Å². The van der Waals surface area contributed by atoms with Crippen LogP contribution in [-0.2, 0) is 20.8 Å². The molecular formula is C38H57N5O7. The van der Waals surface area contributed by atoms with Crippen LogP contribution < -0.4 is 5.32 Å². The van der Waals surface area contributed by atoms with E-state index in [1.165, 1.54) is 29.2 Å². The minimum absolute atomic E-state index is 0.123. The Morgan fingerprint density at radius 1 is 1.14 bits per heavy atom. The molecule has 0 unspecified atom stereocenters. The summed E-state index contributed by atoms with van der Waals surface area (Å²) in [4.78, 5) is 14.5. The lowest BCUT2D eigenvalue weighted by atomic mass is 9.56. The van der Waals surface area contributed by atoms with Crippen molar-refractivity contribution >= 4 is 5.91 Å². The Balaban J connectivity index is 1.03. The van der Waals surface area contributed by atoms with Gasteiger partial charge in [-0.3, -0.25) is 9.69 Å². The number of likely N-dealkylation sites (tertiary alicyclic amines) is 1. The summed E-state index contributed by atoms with van der Waals surface area (Å²) in [5, 5.41) is 53.1. The van der Waals surface area contributed by atoms with E-state index in [9.17, 15) is 25.2 Å². The maximum absolute atomic E-state index is 12.0. The molecule has 3 aliphatic heterocycles. The van der Waals surface area contributed by atoms with Gasteiger partial charge >= 0.3 is 0 Å². The standard InChI is InChI=1S/C38H57N5O7/c1-19-12-30-33(42(15-19)16-24-17-43(41-40-24)36-32(39-22(4)45)35(48)34(47)31(18-44)49-36)21(3)38(50-30)11-9-26-27-7-6-23-13-25(46)8-10-37(23,5)29(27)14-28(26)20(38)2/h6,17,19,21,25-27,29-36,44,46-48H,7-16,18H2,1-5H3,(H,39,45)/t19-,21+,25-,26-,27-,29-,30+,31+,32+,33-,34-,35+,36-,37-,38-/m0/s1. The van der Waals surface area contributed by atoms with Crippen LogP contribution in [0.25, 0.3) is 0 Å². The molecule has 0 radical (unpaired) electrons. The summed E-state index contributed by atoms with van der Waals surface area (Å²) in [6, 6.07) is -0.742. The zero-order valence-electron chi connectivity index (χ0n) is 30.2. The zero-order valence-corrected chi connectivity index (χ0v) is 30.2. The molecule has 4 aliphatic carbocycles. The van der Waals surface area contributed by atoms with Crippen molar-refractivity contribution in [3.63, 3.8) is 0 Å². The van der Waals surface area contributed by atoms with Gasteiger partial charge in [0.2, 0.25) is 5.91 Å². The summed E-state index contributed by atoms with van der Waals surface area (Å²) >= 11 is 0. The molecule has 4 heterocycles. The number of carbonyl (C=O) groups is 1. The van der Waals surface area contributed by atoms with E-state index in [1.807, 2.05) is 0 Å². The SMILES string of the molecule is CC(=O)N[C@@H]1[C@@H](O)[C@@H](O)[C@@H](CO)O[C@@H]1n1cc(CN2C[C@@H](C)C[C@H]3O[C@]4(CC[C@@H]5C(=C4C)C[C@H]4[C@H]5CC=C5C[C@@H](O)CC[C@@]54C)[C@H](C)[C@@H]32)nn1. The fourth-order valence-electron chi connectivity index (χ4n) is 12.1. The minimum atomic E-state index is -1.36. The fourth-order valence-corrected chi connectivity index (χ4v) is 12.1. The average molecular weight is 696 g/mol. The monoisotopic (exact) mass is 695 g/mol.